The predicted octanol–water partition coefficient (Wildman–Crippen LogP) is 2.69. The van der Waals surface area contributed by atoms with Crippen molar-refractivity contribution >= 4 is 11.6 Å². The Morgan fingerprint density at radius 1 is 1.11 bits per heavy atom. The summed E-state index contributed by atoms with van der Waals surface area (Å²) in [5, 5.41) is 8.49. The zero-order valence-corrected chi connectivity index (χ0v) is 10.9. The lowest BCUT2D eigenvalue weighted by Gasteiger charge is -2.07. The topological polar surface area (TPSA) is 56.5 Å². The van der Waals surface area contributed by atoms with E-state index in [2.05, 4.69) is 20.3 Å². The highest BCUT2D eigenvalue weighted by molar-refractivity contribution is 6.30. The molecule has 1 aromatic carbocycles. The Kier molecular flexibility index (Phi) is 2.97. The molecule has 0 aliphatic heterocycles. The van der Waals surface area contributed by atoms with E-state index in [0.717, 1.165) is 22.6 Å². The molecule has 0 fully saturated rings. The fourth-order valence-electron chi connectivity index (χ4n) is 1.84. The third kappa shape index (κ3) is 2.08. The molecule has 2 aromatic heterocycles. The predicted molar refractivity (Wildman–Crippen MR) is 72.1 cm³/mol. The first-order valence-corrected chi connectivity index (χ1v) is 6.09. The smallest absolute Gasteiger partial charge is 0.136 e. The maximum Gasteiger partial charge on any atom is 0.136 e. The second-order valence-electron chi connectivity index (χ2n) is 4.00. The number of benzene rings is 1. The van der Waals surface area contributed by atoms with Crippen LogP contribution < -0.4 is 0 Å². The number of hydrogen-bond donors (Lipinski definition) is 0. The Morgan fingerprint density at radius 2 is 1.89 bits per heavy atom. The highest BCUT2D eigenvalue weighted by atomic mass is 35.5. The minimum atomic E-state index is 0.436. The first kappa shape index (κ1) is 11.8. The standard InChI is InChI=1S/C13H10ClN5/c1-9-12(15-8-16-13(9)14)11-7-17-18-19(11)10-5-3-2-4-6-10/h2-8H,1H3. The zero-order chi connectivity index (χ0) is 13.2. The summed E-state index contributed by atoms with van der Waals surface area (Å²) >= 11 is 6.03. The van der Waals surface area contributed by atoms with Gasteiger partial charge in [-0.3, -0.25) is 0 Å². The van der Waals surface area contributed by atoms with Gasteiger partial charge in [0.25, 0.3) is 0 Å². The Morgan fingerprint density at radius 3 is 2.68 bits per heavy atom. The van der Waals surface area contributed by atoms with Crippen LogP contribution in [0.25, 0.3) is 17.1 Å². The Balaban J connectivity index is 2.18. The van der Waals surface area contributed by atoms with Gasteiger partial charge in [-0.05, 0) is 19.1 Å². The molecule has 2 heterocycles. The van der Waals surface area contributed by atoms with Gasteiger partial charge in [0.05, 0.1) is 17.6 Å². The van der Waals surface area contributed by atoms with Gasteiger partial charge in [0, 0.05) is 5.56 Å². The monoisotopic (exact) mass is 271 g/mol. The Bertz CT molecular complexity index is 708. The maximum absolute atomic E-state index is 6.03. The third-order valence-electron chi connectivity index (χ3n) is 2.82. The summed E-state index contributed by atoms with van der Waals surface area (Å²) in [7, 11) is 0. The van der Waals surface area contributed by atoms with Crippen molar-refractivity contribution in [3.05, 3.63) is 53.6 Å². The van der Waals surface area contributed by atoms with Crippen molar-refractivity contribution in [1.29, 1.82) is 0 Å². The molecule has 0 spiro atoms. The van der Waals surface area contributed by atoms with Crippen LogP contribution in [0, 0.1) is 6.92 Å². The minimum Gasteiger partial charge on any atom is -0.234 e. The zero-order valence-electron chi connectivity index (χ0n) is 10.2. The highest BCUT2D eigenvalue weighted by Crippen LogP contribution is 2.25. The molecule has 5 nitrogen and oxygen atoms in total. The summed E-state index contributed by atoms with van der Waals surface area (Å²) < 4.78 is 1.73. The normalized spacial score (nSPS) is 10.6. The summed E-state index contributed by atoms with van der Waals surface area (Å²) in [5.74, 6) is 0. The molecule has 0 aliphatic rings. The molecule has 0 aliphatic carbocycles. The molecule has 6 heteroatoms. The van der Waals surface area contributed by atoms with E-state index in [1.807, 2.05) is 37.3 Å². The summed E-state index contributed by atoms with van der Waals surface area (Å²) in [5.41, 5.74) is 3.25. The highest BCUT2D eigenvalue weighted by Gasteiger charge is 2.14. The van der Waals surface area contributed by atoms with Crippen LogP contribution >= 0.6 is 11.6 Å². The average molecular weight is 272 g/mol. The molecule has 0 unspecified atom stereocenters. The van der Waals surface area contributed by atoms with Crippen LogP contribution in [0.15, 0.2) is 42.9 Å². The average Bonchev–Trinajstić information content (AvgIpc) is 2.92. The molecule has 0 saturated carbocycles. The quantitative estimate of drug-likeness (QED) is 0.673. The van der Waals surface area contributed by atoms with Gasteiger partial charge in [0.1, 0.15) is 17.2 Å². The van der Waals surface area contributed by atoms with Crippen molar-refractivity contribution in [2.75, 3.05) is 0 Å². The molecular weight excluding hydrogens is 262 g/mol. The van der Waals surface area contributed by atoms with Crippen LogP contribution in [0.2, 0.25) is 5.15 Å². The van der Waals surface area contributed by atoms with Gasteiger partial charge in [-0.1, -0.05) is 35.0 Å². The van der Waals surface area contributed by atoms with E-state index in [-0.39, 0.29) is 0 Å². The van der Waals surface area contributed by atoms with Crippen molar-refractivity contribution in [2.24, 2.45) is 0 Å². The van der Waals surface area contributed by atoms with Gasteiger partial charge in [-0.2, -0.15) is 0 Å². The van der Waals surface area contributed by atoms with Crippen LogP contribution in [0.5, 0.6) is 0 Å². The van der Waals surface area contributed by atoms with Crippen molar-refractivity contribution in [1.82, 2.24) is 25.0 Å². The van der Waals surface area contributed by atoms with E-state index in [1.165, 1.54) is 6.33 Å². The lowest BCUT2D eigenvalue weighted by Crippen LogP contribution is -2.01. The minimum absolute atomic E-state index is 0.436. The second-order valence-corrected chi connectivity index (χ2v) is 4.36. The number of nitrogens with zero attached hydrogens (tertiary/aromatic N) is 5. The third-order valence-corrected chi connectivity index (χ3v) is 3.20. The fourth-order valence-corrected chi connectivity index (χ4v) is 1.98. The molecule has 3 aromatic rings. The number of halogens is 1. The lowest BCUT2D eigenvalue weighted by molar-refractivity contribution is 0.805. The number of aromatic nitrogens is 5. The molecule has 0 bridgehead atoms. The Hall–Kier alpha value is -2.27. The maximum atomic E-state index is 6.03. The largest absolute Gasteiger partial charge is 0.234 e. The summed E-state index contributed by atoms with van der Waals surface area (Å²) in [4.78, 5) is 8.23. The molecule has 0 amide bonds. The van der Waals surface area contributed by atoms with Gasteiger partial charge in [0.15, 0.2) is 0 Å². The Labute approximate surface area is 114 Å². The molecule has 0 radical (unpaired) electrons. The number of hydrogen-bond acceptors (Lipinski definition) is 4. The molecule has 3 rings (SSSR count). The molecule has 0 saturated heterocycles. The fraction of sp³-hybridized carbons (Fsp3) is 0.0769. The molecule has 0 N–H and O–H groups in total. The molecular formula is C13H10ClN5. The molecule has 0 atom stereocenters. The summed E-state index contributed by atoms with van der Waals surface area (Å²) in [6, 6.07) is 9.75. The van der Waals surface area contributed by atoms with Crippen LogP contribution in [0.4, 0.5) is 0 Å². The van der Waals surface area contributed by atoms with E-state index in [4.69, 9.17) is 11.6 Å². The van der Waals surface area contributed by atoms with Crippen molar-refractivity contribution < 1.29 is 0 Å². The van der Waals surface area contributed by atoms with E-state index in [9.17, 15) is 0 Å². The van der Waals surface area contributed by atoms with E-state index in [0.29, 0.717) is 5.15 Å². The van der Waals surface area contributed by atoms with Crippen molar-refractivity contribution in [3.8, 4) is 17.1 Å². The van der Waals surface area contributed by atoms with Gasteiger partial charge in [-0.15, -0.1) is 5.10 Å². The van der Waals surface area contributed by atoms with Crippen LogP contribution in [-0.2, 0) is 0 Å². The van der Waals surface area contributed by atoms with Crippen molar-refractivity contribution in [2.45, 2.75) is 6.92 Å². The number of rotatable bonds is 2. The summed E-state index contributed by atoms with van der Waals surface area (Å²) in [6.45, 7) is 1.88. The second kappa shape index (κ2) is 4.78. The molecule has 19 heavy (non-hydrogen) atoms. The van der Waals surface area contributed by atoms with Crippen LogP contribution in [0.1, 0.15) is 5.56 Å². The SMILES string of the molecule is Cc1c(Cl)ncnc1-c1cnnn1-c1ccccc1. The first-order chi connectivity index (χ1) is 9.27. The van der Waals surface area contributed by atoms with Gasteiger partial charge < -0.3 is 0 Å². The van der Waals surface area contributed by atoms with Crippen LogP contribution in [0.3, 0.4) is 0 Å². The first-order valence-electron chi connectivity index (χ1n) is 5.71. The van der Waals surface area contributed by atoms with E-state index in [1.54, 1.807) is 10.9 Å². The van der Waals surface area contributed by atoms with E-state index >= 15 is 0 Å². The van der Waals surface area contributed by atoms with Crippen molar-refractivity contribution in [3.63, 3.8) is 0 Å². The van der Waals surface area contributed by atoms with Gasteiger partial charge >= 0.3 is 0 Å². The number of para-hydroxylation sites is 1. The van der Waals surface area contributed by atoms with E-state index < -0.39 is 0 Å². The van der Waals surface area contributed by atoms with Crippen LogP contribution in [-0.4, -0.2) is 25.0 Å². The molecule has 94 valence electrons. The lowest BCUT2D eigenvalue weighted by atomic mass is 10.2. The van der Waals surface area contributed by atoms with Gasteiger partial charge in [0.2, 0.25) is 0 Å². The summed E-state index contributed by atoms with van der Waals surface area (Å²) in [6.07, 6.45) is 3.10. The van der Waals surface area contributed by atoms with Gasteiger partial charge in [-0.25, -0.2) is 14.6 Å².